The minimum Gasteiger partial charge on any atom is -0.318 e. The molecule has 0 saturated carbocycles. The lowest BCUT2D eigenvalue weighted by molar-refractivity contribution is 0.252. The Balaban J connectivity index is 2.16. The van der Waals surface area contributed by atoms with Gasteiger partial charge in [-0.25, -0.2) is 0 Å². The van der Waals surface area contributed by atoms with Crippen LogP contribution in [0.25, 0.3) is 0 Å². The van der Waals surface area contributed by atoms with Crippen LogP contribution in [-0.2, 0) is 0 Å². The van der Waals surface area contributed by atoms with Crippen molar-refractivity contribution in [2.75, 3.05) is 19.8 Å². The van der Waals surface area contributed by atoms with Gasteiger partial charge in [0.2, 0.25) is 0 Å². The topological polar surface area (TPSA) is 41.3 Å². The molecule has 1 unspecified atom stereocenters. The number of rotatable bonds is 2. The molecule has 1 aromatic carbocycles. The third kappa shape index (κ3) is 1.72. The Hall–Kier alpha value is -0.900. The Bertz CT molecular complexity index is 260. The van der Waals surface area contributed by atoms with E-state index < -0.39 is 0 Å². The van der Waals surface area contributed by atoms with Gasteiger partial charge in [-0.1, -0.05) is 30.3 Å². The van der Waals surface area contributed by atoms with E-state index in [2.05, 4.69) is 34.5 Å². The molecule has 0 aromatic heterocycles. The number of nitrogens with zero attached hydrogens (tertiary/aromatic N) is 1. The predicted molar refractivity (Wildman–Crippen MR) is 52.9 cm³/mol. The van der Waals surface area contributed by atoms with Crippen LogP contribution in [0.1, 0.15) is 11.7 Å². The van der Waals surface area contributed by atoms with E-state index in [9.17, 15) is 0 Å². The first-order valence-electron chi connectivity index (χ1n) is 4.64. The van der Waals surface area contributed by atoms with Crippen molar-refractivity contribution >= 4 is 0 Å². The molecule has 0 amide bonds. The third-order valence-corrected chi connectivity index (χ3v) is 2.45. The van der Waals surface area contributed by atoms with Gasteiger partial charge in [-0.15, -0.1) is 0 Å². The zero-order chi connectivity index (χ0) is 9.10. The van der Waals surface area contributed by atoms with Gasteiger partial charge in [0.15, 0.2) is 0 Å². The Kier molecular flexibility index (Phi) is 2.59. The van der Waals surface area contributed by atoms with Crippen LogP contribution >= 0.6 is 0 Å². The van der Waals surface area contributed by atoms with Crippen LogP contribution in [0.2, 0.25) is 0 Å². The molecule has 1 atom stereocenters. The molecule has 0 bridgehead atoms. The van der Waals surface area contributed by atoms with E-state index in [0.29, 0.717) is 12.8 Å². The predicted octanol–water partition coefficient (Wildman–Crippen LogP) is 0.507. The second-order valence-electron chi connectivity index (χ2n) is 3.26. The molecule has 3 N–H and O–H groups in total. The lowest BCUT2D eigenvalue weighted by Gasteiger charge is -2.22. The summed E-state index contributed by atoms with van der Waals surface area (Å²) < 4.78 is 0. The fourth-order valence-electron chi connectivity index (χ4n) is 1.76. The Morgan fingerprint density at radius 2 is 2.15 bits per heavy atom. The van der Waals surface area contributed by atoms with Crippen molar-refractivity contribution in [1.29, 1.82) is 0 Å². The average Bonchev–Trinajstić information content (AvgIpc) is 2.67. The van der Waals surface area contributed by atoms with Crippen LogP contribution in [-0.4, -0.2) is 24.7 Å². The van der Waals surface area contributed by atoms with Gasteiger partial charge >= 0.3 is 0 Å². The van der Waals surface area contributed by atoms with Gasteiger partial charge in [-0.3, -0.25) is 10.2 Å². The van der Waals surface area contributed by atoms with Gasteiger partial charge in [0.05, 0.1) is 6.17 Å². The molecular formula is C10H15N3. The Morgan fingerprint density at radius 3 is 2.85 bits per heavy atom. The molecule has 1 fully saturated rings. The average molecular weight is 177 g/mol. The molecule has 0 spiro atoms. The van der Waals surface area contributed by atoms with Crippen molar-refractivity contribution in [3.63, 3.8) is 0 Å². The minimum absolute atomic E-state index is 0.311. The second kappa shape index (κ2) is 3.87. The molecule has 70 valence electrons. The van der Waals surface area contributed by atoms with Crippen molar-refractivity contribution in [2.45, 2.75) is 6.17 Å². The van der Waals surface area contributed by atoms with Gasteiger partial charge in [0.25, 0.3) is 0 Å². The highest BCUT2D eigenvalue weighted by atomic mass is 15.3. The van der Waals surface area contributed by atoms with E-state index in [1.165, 1.54) is 5.56 Å². The van der Waals surface area contributed by atoms with Crippen molar-refractivity contribution < 1.29 is 0 Å². The molecule has 1 heterocycles. The molecule has 2 rings (SSSR count). The molecule has 3 nitrogen and oxygen atoms in total. The Labute approximate surface area is 78.5 Å². The fraction of sp³-hybridized carbons (Fsp3) is 0.400. The van der Waals surface area contributed by atoms with Gasteiger partial charge < -0.3 is 5.73 Å². The van der Waals surface area contributed by atoms with E-state index in [4.69, 9.17) is 5.73 Å². The highest BCUT2D eigenvalue weighted by molar-refractivity contribution is 5.19. The molecular weight excluding hydrogens is 162 g/mol. The summed E-state index contributed by atoms with van der Waals surface area (Å²) in [5, 5.41) is 3.42. The number of nitrogens with one attached hydrogen (secondary N) is 1. The molecule has 1 aliphatic rings. The first kappa shape index (κ1) is 8.69. The largest absolute Gasteiger partial charge is 0.318 e. The zero-order valence-corrected chi connectivity index (χ0v) is 7.61. The van der Waals surface area contributed by atoms with Crippen LogP contribution in [0.4, 0.5) is 0 Å². The second-order valence-corrected chi connectivity index (χ2v) is 3.26. The molecule has 1 saturated heterocycles. The van der Waals surface area contributed by atoms with E-state index in [-0.39, 0.29) is 0 Å². The Morgan fingerprint density at radius 1 is 1.38 bits per heavy atom. The van der Waals surface area contributed by atoms with Crippen LogP contribution in [0.5, 0.6) is 0 Å². The molecule has 3 heteroatoms. The van der Waals surface area contributed by atoms with Gasteiger partial charge in [0.1, 0.15) is 0 Å². The molecule has 13 heavy (non-hydrogen) atoms. The van der Waals surface area contributed by atoms with Crippen LogP contribution < -0.4 is 11.1 Å². The van der Waals surface area contributed by atoms with Crippen molar-refractivity contribution in [3.8, 4) is 0 Å². The monoisotopic (exact) mass is 177 g/mol. The van der Waals surface area contributed by atoms with Gasteiger partial charge in [-0.2, -0.15) is 0 Å². The standard InChI is InChI=1S/C10H15N3/c11-8-13-7-6-12-10(13)9-4-2-1-3-5-9/h1-5,10,12H,6-8,11H2. The smallest absolute Gasteiger partial charge is 0.0871 e. The fourth-order valence-corrected chi connectivity index (χ4v) is 1.76. The normalized spacial score (nSPS) is 23.6. The van der Waals surface area contributed by atoms with Crippen LogP contribution in [0.15, 0.2) is 30.3 Å². The zero-order valence-electron chi connectivity index (χ0n) is 7.61. The summed E-state index contributed by atoms with van der Waals surface area (Å²) in [4.78, 5) is 2.23. The minimum atomic E-state index is 0.311. The quantitative estimate of drug-likeness (QED) is 0.691. The molecule has 1 aromatic rings. The number of hydrogen-bond acceptors (Lipinski definition) is 3. The molecule has 0 aliphatic carbocycles. The summed E-state index contributed by atoms with van der Waals surface area (Å²) in [6, 6.07) is 10.4. The number of hydrogen-bond donors (Lipinski definition) is 2. The van der Waals surface area contributed by atoms with Crippen molar-refractivity contribution in [3.05, 3.63) is 35.9 Å². The summed E-state index contributed by atoms with van der Waals surface area (Å²) in [5.74, 6) is 0. The van der Waals surface area contributed by atoms with E-state index in [0.717, 1.165) is 13.1 Å². The highest BCUT2D eigenvalue weighted by Gasteiger charge is 2.23. The van der Waals surface area contributed by atoms with Crippen molar-refractivity contribution in [1.82, 2.24) is 10.2 Å². The summed E-state index contributed by atoms with van der Waals surface area (Å²) in [6.07, 6.45) is 0.311. The maximum Gasteiger partial charge on any atom is 0.0871 e. The lowest BCUT2D eigenvalue weighted by Crippen LogP contribution is -2.32. The highest BCUT2D eigenvalue weighted by Crippen LogP contribution is 2.19. The van der Waals surface area contributed by atoms with Gasteiger partial charge in [-0.05, 0) is 5.56 Å². The molecule has 0 radical (unpaired) electrons. The summed E-state index contributed by atoms with van der Waals surface area (Å²) >= 11 is 0. The van der Waals surface area contributed by atoms with Crippen LogP contribution in [0, 0.1) is 0 Å². The van der Waals surface area contributed by atoms with E-state index in [1.807, 2.05) is 6.07 Å². The SMILES string of the molecule is NCN1CCNC1c1ccccc1. The van der Waals surface area contributed by atoms with Gasteiger partial charge in [0, 0.05) is 19.8 Å². The maximum atomic E-state index is 5.65. The third-order valence-electron chi connectivity index (χ3n) is 2.45. The first-order chi connectivity index (χ1) is 6.42. The summed E-state index contributed by atoms with van der Waals surface area (Å²) in [6.45, 7) is 2.68. The summed E-state index contributed by atoms with van der Waals surface area (Å²) in [7, 11) is 0. The van der Waals surface area contributed by atoms with Crippen molar-refractivity contribution in [2.24, 2.45) is 5.73 Å². The number of benzene rings is 1. The number of nitrogens with two attached hydrogens (primary N) is 1. The van der Waals surface area contributed by atoms with Crippen LogP contribution in [0.3, 0.4) is 0 Å². The lowest BCUT2D eigenvalue weighted by atomic mass is 10.2. The molecule has 1 aliphatic heterocycles. The summed E-state index contributed by atoms with van der Waals surface area (Å²) in [5.41, 5.74) is 6.94. The van der Waals surface area contributed by atoms with E-state index in [1.54, 1.807) is 0 Å². The van der Waals surface area contributed by atoms with E-state index >= 15 is 0 Å². The first-order valence-corrected chi connectivity index (χ1v) is 4.64. The maximum absolute atomic E-state index is 5.65.